The minimum atomic E-state index is -4.24. The van der Waals surface area contributed by atoms with Crippen LogP contribution in [0.1, 0.15) is 19.4 Å². The lowest BCUT2D eigenvalue weighted by Crippen LogP contribution is -2.30. The summed E-state index contributed by atoms with van der Waals surface area (Å²) < 4.78 is 59.0. The predicted molar refractivity (Wildman–Crippen MR) is 121 cm³/mol. The van der Waals surface area contributed by atoms with Crippen molar-refractivity contribution >= 4 is 26.8 Å². The van der Waals surface area contributed by atoms with E-state index in [0.717, 1.165) is 5.56 Å². The van der Waals surface area contributed by atoms with Crippen molar-refractivity contribution in [2.24, 2.45) is 0 Å². The SMILES string of the molecule is COc1ccc2c(c1S(=O)(=O)Nc1noc3cc(Cn4cccn4)cc(OC)c13)OC(C)(C)O2. The quantitative estimate of drug-likeness (QED) is 0.418. The van der Waals surface area contributed by atoms with Gasteiger partial charge < -0.3 is 23.5 Å². The first-order valence-electron chi connectivity index (χ1n) is 10.3. The van der Waals surface area contributed by atoms with Crippen LogP contribution in [0.25, 0.3) is 11.0 Å². The van der Waals surface area contributed by atoms with Gasteiger partial charge in [0.2, 0.25) is 5.79 Å². The van der Waals surface area contributed by atoms with Gasteiger partial charge in [0.05, 0.1) is 20.8 Å². The summed E-state index contributed by atoms with van der Waals surface area (Å²) in [5.41, 5.74) is 1.19. The van der Waals surface area contributed by atoms with Crippen molar-refractivity contribution in [1.82, 2.24) is 14.9 Å². The van der Waals surface area contributed by atoms with Crippen LogP contribution in [0.2, 0.25) is 0 Å². The molecular weight excluding hydrogens is 464 g/mol. The first-order chi connectivity index (χ1) is 16.2. The topological polar surface area (TPSA) is 127 Å². The first-order valence-corrected chi connectivity index (χ1v) is 11.7. The second kappa shape index (κ2) is 7.83. The molecule has 0 bridgehead atoms. The highest BCUT2D eigenvalue weighted by atomic mass is 32.2. The predicted octanol–water partition coefficient (Wildman–Crippen LogP) is 3.40. The molecule has 12 heteroatoms. The molecule has 2 aromatic heterocycles. The number of aromatic nitrogens is 3. The van der Waals surface area contributed by atoms with Gasteiger partial charge >= 0.3 is 0 Å². The number of ether oxygens (including phenoxy) is 4. The molecule has 178 valence electrons. The van der Waals surface area contributed by atoms with Gasteiger partial charge in [-0.15, -0.1) is 0 Å². The normalized spacial score (nSPS) is 14.4. The summed E-state index contributed by atoms with van der Waals surface area (Å²) in [6, 6.07) is 8.45. The van der Waals surface area contributed by atoms with Gasteiger partial charge in [-0.05, 0) is 35.9 Å². The number of rotatable bonds is 7. The molecule has 0 aliphatic carbocycles. The Kier molecular flexibility index (Phi) is 5.04. The van der Waals surface area contributed by atoms with E-state index in [9.17, 15) is 8.42 Å². The van der Waals surface area contributed by atoms with Crippen LogP contribution < -0.4 is 23.7 Å². The Morgan fingerprint density at radius 1 is 1.12 bits per heavy atom. The maximum Gasteiger partial charge on any atom is 0.270 e. The van der Waals surface area contributed by atoms with Crippen molar-refractivity contribution in [2.45, 2.75) is 31.1 Å². The third-order valence-electron chi connectivity index (χ3n) is 5.18. The molecule has 0 spiro atoms. The average molecular weight is 487 g/mol. The highest BCUT2D eigenvalue weighted by Gasteiger charge is 2.39. The van der Waals surface area contributed by atoms with E-state index in [1.165, 1.54) is 20.3 Å². The van der Waals surface area contributed by atoms with Gasteiger partial charge in [-0.2, -0.15) is 5.10 Å². The Balaban J connectivity index is 1.56. The lowest BCUT2D eigenvalue weighted by atomic mass is 10.1. The van der Waals surface area contributed by atoms with E-state index >= 15 is 0 Å². The van der Waals surface area contributed by atoms with Crippen LogP contribution >= 0.6 is 0 Å². The van der Waals surface area contributed by atoms with Crippen molar-refractivity contribution in [1.29, 1.82) is 0 Å². The summed E-state index contributed by atoms with van der Waals surface area (Å²) in [6.07, 6.45) is 3.51. The fourth-order valence-electron chi connectivity index (χ4n) is 3.82. The molecule has 1 aliphatic heterocycles. The number of hydrogen-bond acceptors (Lipinski definition) is 9. The van der Waals surface area contributed by atoms with Crippen molar-refractivity contribution < 1.29 is 31.9 Å². The number of sulfonamides is 1. The van der Waals surface area contributed by atoms with Gasteiger partial charge in [0.15, 0.2) is 27.8 Å². The van der Waals surface area contributed by atoms with Crippen molar-refractivity contribution in [2.75, 3.05) is 18.9 Å². The second-order valence-corrected chi connectivity index (χ2v) is 9.66. The Morgan fingerprint density at radius 2 is 1.91 bits per heavy atom. The molecule has 34 heavy (non-hydrogen) atoms. The Bertz CT molecular complexity index is 1480. The number of nitrogens with zero attached hydrogens (tertiary/aromatic N) is 3. The number of hydrogen-bond donors (Lipinski definition) is 1. The molecular formula is C22H22N4O7S. The molecule has 0 amide bonds. The zero-order chi connectivity index (χ0) is 24.1. The molecule has 0 radical (unpaired) electrons. The summed E-state index contributed by atoms with van der Waals surface area (Å²) in [7, 11) is -1.38. The van der Waals surface area contributed by atoms with Crippen molar-refractivity contribution in [3.05, 3.63) is 48.3 Å². The lowest BCUT2D eigenvalue weighted by Gasteiger charge is -2.17. The zero-order valence-corrected chi connectivity index (χ0v) is 19.7. The highest BCUT2D eigenvalue weighted by molar-refractivity contribution is 7.93. The number of anilines is 1. The molecule has 5 rings (SSSR count). The molecule has 4 aromatic rings. The van der Waals surface area contributed by atoms with E-state index in [0.29, 0.717) is 23.3 Å². The van der Waals surface area contributed by atoms with E-state index in [2.05, 4.69) is 15.0 Å². The van der Waals surface area contributed by atoms with Gasteiger partial charge in [0.25, 0.3) is 10.0 Å². The second-order valence-electron chi connectivity index (χ2n) is 8.04. The fourth-order valence-corrected chi connectivity index (χ4v) is 5.12. The summed E-state index contributed by atoms with van der Waals surface area (Å²) >= 11 is 0. The zero-order valence-electron chi connectivity index (χ0n) is 18.9. The van der Waals surface area contributed by atoms with Crippen LogP contribution in [0.4, 0.5) is 5.82 Å². The minimum absolute atomic E-state index is 0.0321. The van der Waals surface area contributed by atoms with Gasteiger partial charge in [0, 0.05) is 26.2 Å². The molecule has 1 aliphatic rings. The fraction of sp³-hybridized carbons (Fsp3) is 0.273. The number of nitrogens with one attached hydrogen (secondary N) is 1. The van der Waals surface area contributed by atoms with Gasteiger partial charge in [-0.25, -0.2) is 8.42 Å². The molecule has 1 N–H and O–H groups in total. The summed E-state index contributed by atoms with van der Waals surface area (Å²) in [5.74, 6) is -0.239. The Morgan fingerprint density at radius 3 is 2.62 bits per heavy atom. The smallest absolute Gasteiger partial charge is 0.270 e. The third-order valence-corrected chi connectivity index (χ3v) is 6.57. The minimum Gasteiger partial charge on any atom is -0.496 e. The van der Waals surface area contributed by atoms with E-state index in [4.69, 9.17) is 23.5 Å². The summed E-state index contributed by atoms with van der Waals surface area (Å²) in [4.78, 5) is -0.205. The van der Waals surface area contributed by atoms with Crippen LogP contribution in [-0.4, -0.2) is 43.4 Å². The molecule has 0 atom stereocenters. The van der Waals surface area contributed by atoms with Crippen LogP contribution in [0.15, 0.2) is 52.1 Å². The van der Waals surface area contributed by atoms with Crippen LogP contribution in [0, 0.1) is 0 Å². The monoisotopic (exact) mass is 486 g/mol. The maximum atomic E-state index is 13.5. The van der Waals surface area contributed by atoms with E-state index in [1.54, 1.807) is 42.9 Å². The molecule has 0 unspecified atom stereocenters. The highest BCUT2D eigenvalue weighted by Crippen LogP contribution is 2.48. The number of benzene rings is 2. The Labute approximate surface area is 195 Å². The maximum absolute atomic E-state index is 13.5. The molecule has 2 aromatic carbocycles. The van der Waals surface area contributed by atoms with Crippen LogP contribution in [-0.2, 0) is 16.6 Å². The molecule has 0 saturated heterocycles. The van der Waals surface area contributed by atoms with Crippen molar-refractivity contribution in [3.63, 3.8) is 0 Å². The van der Waals surface area contributed by atoms with E-state index in [1.807, 2.05) is 12.3 Å². The molecule has 11 nitrogen and oxygen atoms in total. The standard InChI is InChI=1S/C22H22N4O7S/c1-22(2)31-14-6-7-15(29-3)20(19(14)32-22)34(27,28)25-21-18-16(30-4)10-13(11-17(18)33-24-21)12-26-9-5-8-23-26/h5-11H,12H2,1-4H3,(H,24,25). The number of methoxy groups -OCH3 is 2. The molecule has 0 fully saturated rings. The summed E-state index contributed by atoms with van der Waals surface area (Å²) in [6.45, 7) is 3.84. The average Bonchev–Trinajstić information content (AvgIpc) is 3.50. The Hall–Kier alpha value is -3.93. The third kappa shape index (κ3) is 3.75. The molecule has 0 saturated carbocycles. The summed E-state index contributed by atoms with van der Waals surface area (Å²) in [5, 5.41) is 8.52. The van der Waals surface area contributed by atoms with Crippen molar-refractivity contribution in [3.8, 4) is 23.0 Å². The van der Waals surface area contributed by atoms with Crippen LogP contribution in [0.3, 0.4) is 0 Å². The largest absolute Gasteiger partial charge is 0.496 e. The number of fused-ring (bicyclic) bond motifs is 2. The van der Waals surface area contributed by atoms with E-state index < -0.39 is 15.8 Å². The van der Waals surface area contributed by atoms with E-state index in [-0.39, 0.29) is 28.0 Å². The lowest BCUT2D eigenvalue weighted by molar-refractivity contribution is -0.0442. The van der Waals surface area contributed by atoms with Gasteiger partial charge in [-0.3, -0.25) is 9.40 Å². The van der Waals surface area contributed by atoms with Crippen LogP contribution in [0.5, 0.6) is 23.0 Å². The first kappa shape index (κ1) is 21.9. The molecule has 3 heterocycles. The van der Waals surface area contributed by atoms with Gasteiger partial charge in [-0.1, -0.05) is 5.16 Å². The van der Waals surface area contributed by atoms with Gasteiger partial charge in [0.1, 0.15) is 16.9 Å².